The summed E-state index contributed by atoms with van der Waals surface area (Å²) in [6.07, 6.45) is 6.43. The third kappa shape index (κ3) is 5.57. The molecule has 0 radical (unpaired) electrons. The monoisotopic (exact) mass is 359 g/mol. The van der Waals surface area contributed by atoms with Crippen molar-refractivity contribution in [1.29, 1.82) is 0 Å². The molecule has 0 aliphatic rings. The second-order valence-electron chi connectivity index (χ2n) is 6.20. The lowest BCUT2D eigenvalue weighted by Crippen LogP contribution is -2.22. The Balaban J connectivity index is 1.45. The number of pyridine rings is 2. The smallest absolute Gasteiger partial charge is 0.220 e. The number of ketones is 1. The summed E-state index contributed by atoms with van der Waals surface area (Å²) >= 11 is 0. The Morgan fingerprint density at radius 3 is 2.44 bits per heavy atom. The molecule has 1 amide bonds. The fourth-order valence-corrected chi connectivity index (χ4v) is 2.73. The van der Waals surface area contributed by atoms with E-state index in [2.05, 4.69) is 15.3 Å². The van der Waals surface area contributed by atoms with E-state index in [-0.39, 0.29) is 11.7 Å². The number of carbonyl (C=O) groups excluding carboxylic acids is 2. The molecule has 0 saturated heterocycles. The van der Waals surface area contributed by atoms with E-state index >= 15 is 0 Å². The van der Waals surface area contributed by atoms with E-state index < -0.39 is 0 Å². The lowest BCUT2D eigenvalue weighted by Gasteiger charge is -2.07. The van der Waals surface area contributed by atoms with Gasteiger partial charge in [0, 0.05) is 49.1 Å². The highest BCUT2D eigenvalue weighted by Crippen LogP contribution is 2.16. The Bertz CT molecular complexity index is 896. The summed E-state index contributed by atoms with van der Waals surface area (Å²) in [7, 11) is 0. The highest BCUT2D eigenvalue weighted by molar-refractivity contribution is 5.96. The first-order valence-electron chi connectivity index (χ1n) is 8.92. The van der Waals surface area contributed by atoms with Gasteiger partial charge in [0.2, 0.25) is 5.91 Å². The number of aromatic nitrogens is 2. The molecular formula is C22H21N3O2. The molecule has 3 aromatic rings. The average Bonchev–Trinajstić information content (AvgIpc) is 2.73. The number of benzene rings is 1. The van der Waals surface area contributed by atoms with Crippen molar-refractivity contribution in [3.8, 4) is 11.3 Å². The van der Waals surface area contributed by atoms with Gasteiger partial charge in [0.25, 0.3) is 0 Å². The van der Waals surface area contributed by atoms with Gasteiger partial charge >= 0.3 is 0 Å². The van der Waals surface area contributed by atoms with E-state index in [1.54, 1.807) is 30.7 Å². The number of amides is 1. The minimum Gasteiger partial charge on any atom is -0.352 e. The average molecular weight is 359 g/mol. The van der Waals surface area contributed by atoms with Crippen molar-refractivity contribution in [2.75, 3.05) is 0 Å². The van der Waals surface area contributed by atoms with Crippen molar-refractivity contribution < 1.29 is 9.59 Å². The second-order valence-corrected chi connectivity index (χ2v) is 6.20. The summed E-state index contributed by atoms with van der Waals surface area (Å²) in [5.41, 5.74) is 3.50. The number of carbonyl (C=O) groups is 2. The maximum absolute atomic E-state index is 12.0. The van der Waals surface area contributed by atoms with Crippen molar-refractivity contribution in [3.05, 3.63) is 84.3 Å². The van der Waals surface area contributed by atoms with Crippen LogP contribution in [0, 0.1) is 0 Å². The van der Waals surface area contributed by atoms with Crippen molar-refractivity contribution in [2.24, 2.45) is 0 Å². The van der Waals surface area contributed by atoms with Crippen LogP contribution in [0.4, 0.5) is 0 Å². The minimum absolute atomic E-state index is 0.0573. The second kappa shape index (κ2) is 9.38. The molecular weight excluding hydrogens is 338 g/mol. The molecule has 0 aliphatic carbocycles. The van der Waals surface area contributed by atoms with Crippen LogP contribution in [-0.2, 0) is 11.3 Å². The minimum atomic E-state index is -0.0573. The first-order chi connectivity index (χ1) is 13.2. The zero-order valence-electron chi connectivity index (χ0n) is 15.0. The van der Waals surface area contributed by atoms with Gasteiger partial charge in [-0.1, -0.05) is 30.3 Å². The quantitative estimate of drug-likeness (QED) is 0.621. The van der Waals surface area contributed by atoms with Gasteiger partial charge < -0.3 is 5.32 Å². The third-order valence-electron chi connectivity index (χ3n) is 4.19. The molecule has 0 atom stereocenters. The van der Waals surface area contributed by atoms with Gasteiger partial charge in [-0.05, 0) is 36.2 Å². The van der Waals surface area contributed by atoms with Gasteiger partial charge in [-0.2, -0.15) is 0 Å². The highest BCUT2D eigenvalue weighted by Gasteiger charge is 2.08. The lowest BCUT2D eigenvalue weighted by molar-refractivity contribution is -0.121. The maximum atomic E-state index is 12.0. The summed E-state index contributed by atoms with van der Waals surface area (Å²) in [4.78, 5) is 32.4. The van der Waals surface area contributed by atoms with Crippen molar-refractivity contribution in [3.63, 3.8) is 0 Å². The predicted octanol–water partition coefficient (Wildman–Crippen LogP) is 3.81. The van der Waals surface area contributed by atoms with Crippen molar-refractivity contribution in [1.82, 2.24) is 15.3 Å². The Morgan fingerprint density at radius 1 is 0.889 bits per heavy atom. The van der Waals surface area contributed by atoms with Crippen LogP contribution < -0.4 is 5.32 Å². The van der Waals surface area contributed by atoms with E-state index in [9.17, 15) is 9.59 Å². The van der Waals surface area contributed by atoms with Crippen molar-refractivity contribution in [2.45, 2.75) is 25.8 Å². The number of nitrogens with one attached hydrogen (secondary N) is 1. The summed E-state index contributed by atoms with van der Waals surface area (Å²) in [6.45, 7) is 0.437. The van der Waals surface area contributed by atoms with Gasteiger partial charge in [0.15, 0.2) is 5.78 Å². The van der Waals surface area contributed by atoms with E-state index in [4.69, 9.17) is 0 Å². The molecule has 2 aromatic heterocycles. The molecule has 0 spiro atoms. The SMILES string of the molecule is O=C(CCCC(=O)c1ccccc1)NCc1ccnc(-c2ccncc2)c1. The van der Waals surface area contributed by atoms with Crippen LogP contribution in [0.2, 0.25) is 0 Å². The van der Waals surface area contributed by atoms with Gasteiger partial charge in [-0.3, -0.25) is 19.6 Å². The Hall–Kier alpha value is -3.34. The number of rotatable bonds is 8. The molecule has 1 aromatic carbocycles. The normalized spacial score (nSPS) is 10.4. The fourth-order valence-electron chi connectivity index (χ4n) is 2.73. The summed E-state index contributed by atoms with van der Waals surface area (Å²) in [5.74, 6) is 0.0117. The van der Waals surface area contributed by atoms with Crippen LogP contribution in [0.25, 0.3) is 11.3 Å². The zero-order valence-corrected chi connectivity index (χ0v) is 15.0. The number of Topliss-reactive ketones (excluding diaryl/α,β-unsaturated/α-hetero) is 1. The predicted molar refractivity (Wildman–Crippen MR) is 104 cm³/mol. The molecule has 0 saturated carbocycles. The largest absolute Gasteiger partial charge is 0.352 e. The number of hydrogen-bond donors (Lipinski definition) is 1. The summed E-state index contributed by atoms with van der Waals surface area (Å²) in [6, 6.07) is 16.8. The van der Waals surface area contributed by atoms with Crippen LogP contribution in [0.15, 0.2) is 73.2 Å². The van der Waals surface area contributed by atoms with Gasteiger partial charge in [-0.15, -0.1) is 0 Å². The molecule has 1 N–H and O–H groups in total. The summed E-state index contributed by atoms with van der Waals surface area (Å²) < 4.78 is 0. The number of nitrogens with zero attached hydrogens (tertiary/aromatic N) is 2. The van der Waals surface area contributed by atoms with E-state index in [0.717, 1.165) is 16.8 Å². The molecule has 2 heterocycles. The van der Waals surface area contributed by atoms with Crippen molar-refractivity contribution >= 4 is 11.7 Å². The molecule has 5 heteroatoms. The Labute approximate surface area is 158 Å². The Kier molecular flexibility index (Phi) is 6.41. The van der Waals surface area contributed by atoms with Crippen LogP contribution in [0.5, 0.6) is 0 Å². The topological polar surface area (TPSA) is 72.0 Å². The van der Waals surface area contributed by atoms with Gasteiger partial charge in [0.1, 0.15) is 0 Å². The summed E-state index contributed by atoms with van der Waals surface area (Å²) in [5, 5.41) is 2.90. The molecule has 0 unspecified atom stereocenters. The lowest BCUT2D eigenvalue weighted by atomic mass is 10.1. The van der Waals surface area contributed by atoms with Gasteiger partial charge in [0.05, 0.1) is 5.69 Å². The van der Waals surface area contributed by atoms with E-state index in [0.29, 0.717) is 31.4 Å². The molecule has 0 aliphatic heterocycles. The van der Waals surface area contributed by atoms with E-state index in [1.165, 1.54) is 0 Å². The van der Waals surface area contributed by atoms with Crippen LogP contribution in [0.1, 0.15) is 35.2 Å². The molecule has 5 nitrogen and oxygen atoms in total. The maximum Gasteiger partial charge on any atom is 0.220 e. The number of hydrogen-bond acceptors (Lipinski definition) is 4. The first-order valence-corrected chi connectivity index (χ1v) is 8.92. The van der Waals surface area contributed by atoms with Gasteiger partial charge in [-0.25, -0.2) is 0 Å². The highest BCUT2D eigenvalue weighted by atomic mass is 16.1. The zero-order chi connectivity index (χ0) is 18.9. The molecule has 136 valence electrons. The van der Waals surface area contributed by atoms with Crippen LogP contribution in [0.3, 0.4) is 0 Å². The molecule has 0 fully saturated rings. The van der Waals surface area contributed by atoms with Crippen LogP contribution in [-0.4, -0.2) is 21.7 Å². The fraction of sp³-hybridized carbons (Fsp3) is 0.182. The standard InChI is InChI=1S/C22H21N3O2/c26-21(19-5-2-1-3-6-19)7-4-8-22(27)25-16-17-9-14-24-20(15-17)18-10-12-23-13-11-18/h1-3,5-6,9-15H,4,7-8,16H2,(H,25,27). The molecule has 27 heavy (non-hydrogen) atoms. The molecule has 0 bridgehead atoms. The molecule has 3 rings (SSSR count). The van der Waals surface area contributed by atoms with E-state index in [1.807, 2.05) is 42.5 Å². The Morgan fingerprint density at radius 2 is 1.67 bits per heavy atom. The first kappa shape index (κ1) is 18.5. The van der Waals surface area contributed by atoms with Crippen LogP contribution >= 0.6 is 0 Å². The third-order valence-corrected chi connectivity index (χ3v) is 4.19.